The number of nitrogens with zero attached hydrogens (tertiary/aromatic N) is 1. The van der Waals surface area contributed by atoms with Crippen molar-refractivity contribution in [3.05, 3.63) is 0 Å². The Hall–Kier alpha value is -0.220. The lowest BCUT2D eigenvalue weighted by atomic mass is 10.2. The second kappa shape index (κ2) is 5.61. The van der Waals surface area contributed by atoms with Crippen LogP contribution in [0.15, 0.2) is 0 Å². The number of carbonyl (C=O) groups excluding carboxylic acids is 1. The molecule has 1 aliphatic rings. The van der Waals surface area contributed by atoms with Gasteiger partial charge in [0.25, 0.3) is 0 Å². The van der Waals surface area contributed by atoms with E-state index < -0.39 is 0 Å². The van der Waals surface area contributed by atoms with E-state index in [0.717, 1.165) is 24.5 Å². The van der Waals surface area contributed by atoms with Crippen molar-refractivity contribution in [3.8, 4) is 0 Å². The van der Waals surface area contributed by atoms with E-state index in [-0.39, 0.29) is 11.9 Å². The number of thioether (sulfide) groups is 1. The molecule has 0 bridgehead atoms. The third kappa shape index (κ3) is 3.17. The highest BCUT2D eigenvalue weighted by Crippen LogP contribution is 2.16. The lowest BCUT2D eigenvalue weighted by Gasteiger charge is -2.24. The second-order valence-electron chi connectivity index (χ2n) is 3.84. The Bertz CT molecular complexity index is 199. The minimum absolute atomic E-state index is 0.0591. The molecule has 1 rings (SSSR count). The van der Waals surface area contributed by atoms with Crippen molar-refractivity contribution < 1.29 is 4.79 Å². The third-order valence-electron chi connectivity index (χ3n) is 2.60. The average molecular weight is 216 g/mol. The van der Waals surface area contributed by atoms with Gasteiger partial charge in [0.2, 0.25) is 5.91 Å². The summed E-state index contributed by atoms with van der Waals surface area (Å²) in [5.74, 6) is 2.52. The quantitative estimate of drug-likeness (QED) is 0.699. The molecular weight excluding hydrogens is 196 g/mol. The Morgan fingerprint density at radius 2 is 2.43 bits per heavy atom. The van der Waals surface area contributed by atoms with E-state index in [1.54, 1.807) is 0 Å². The van der Waals surface area contributed by atoms with Gasteiger partial charge >= 0.3 is 0 Å². The first-order valence-electron chi connectivity index (χ1n) is 5.28. The Morgan fingerprint density at radius 3 is 2.93 bits per heavy atom. The Kier molecular flexibility index (Phi) is 4.75. The smallest absolute Gasteiger partial charge is 0.224 e. The van der Waals surface area contributed by atoms with Crippen LogP contribution in [0.5, 0.6) is 0 Å². The molecule has 82 valence electrons. The summed E-state index contributed by atoms with van der Waals surface area (Å²) >= 11 is 1.93. The van der Waals surface area contributed by atoms with Gasteiger partial charge in [0.05, 0.1) is 0 Å². The van der Waals surface area contributed by atoms with Gasteiger partial charge in [-0.3, -0.25) is 4.79 Å². The third-order valence-corrected chi connectivity index (χ3v) is 3.54. The number of hydrogen-bond acceptors (Lipinski definition) is 3. The molecule has 1 fully saturated rings. The van der Waals surface area contributed by atoms with Gasteiger partial charge in [-0.25, -0.2) is 0 Å². The summed E-state index contributed by atoms with van der Waals surface area (Å²) in [6.07, 6.45) is 1.61. The van der Waals surface area contributed by atoms with E-state index in [4.69, 9.17) is 5.73 Å². The lowest BCUT2D eigenvalue weighted by molar-refractivity contribution is -0.129. The number of amides is 1. The van der Waals surface area contributed by atoms with Crippen molar-refractivity contribution in [1.29, 1.82) is 0 Å². The summed E-state index contributed by atoms with van der Waals surface area (Å²) in [4.78, 5) is 13.4. The van der Waals surface area contributed by atoms with Crippen LogP contribution in [0.1, 0.15) is 26.7 Å². The molecule has 1 saturated heterocycles. The molecule has 1 amide bonds. The monoisotopic (exact) mass is 216 g/mol. The second-order valence-corrected chi connectivity index (χ2v) is 5.24. The maximum atomic E-state index is 11.5. The van der Waals surface area contributed by atoms with E-state index in [2.05, 4.69) is 13.8 Å². The maximum Gasteiger partial charge on any atom is 0.224 e. The minimum Gasteiger partial charge on any atom is -0.338 e. The van der Waals surface area contributed by atoms with Crippen LogP contribution in [0, 0.1) is 0 Å². The number of nitrogens with two attached hydrogens (primary N) is 1. The van der Waals surface area contributed by atoms with Crippen LogP contribution in [-0.4, -0.2) is 40.9 Å². The van der Waals surface area contributed by atoms with Gasteiger partial charge in [0.15, 0.2) is 0 Å². The van der Waals surface area contributed by atoms with Gasteiger partial charge in [-0.15, -0.1) is 0 Å². The standard InChI is InChI=1S/C10H20N2OS/c1-3-14-5-4-8(2)12-7-9(11)6-10(12)13/h8-9H,3-7,11H2,1-2H3. The predicted molar refractivity (Wildman–Crippen MR) is 61.4 cm³/mol. The highest BCUT2D eigenvalue weighted by molar-refractivity contribution is 7.99. The van der Waals surface area contributed by atoms with Gasteiger partial charge in [0, 0.05) is 25.0 Å². The van der Waals surface area contributed by atoms with E-state index in [1.807, 2.05) is 16.7 Å². The van der Waals surface area contributed by atoms with Crippen molar-refractivity contribution in [1.82, 2.24) is 4.90 Å². The van der Waals surface area contributed by atoms with Gasteiger partial charge in [-0.2, -0.15) is 11.8 Å². The van der Waals surface area contributed by atoms with Crippen LogP contribution in [0.3, 0.4) is 0 Å². The Labute approximate surface area is 90.4 Å². The molecule has 4 heteroatoms. The number of hydrogen-bond donors (Lipinski definition) is 1. The van der Waals surface area contributed by atoms with Crippen molar-refractivity contribution in [3.63, 3.8) is 0 Å². The number of carbonyl (C=O) groups is 1. The number of rotatable bonds is 5. The van der Waals surface area contributed by atoms with Crippen LogP contribution in [0.2, 0.25) is 0 Å². The van der Waals surface area contributed by atoms with Gasteiger partial charge in [0.1, 0.15) is 0 Å². The van der Waals surface area contributed by atoms with E-state index in [0.29, 0.717) is 12.5 Å². The molecule has 1 aliphatic heterocycles. The van der Waals surface area contributed by atoms with Crippen LogP contribution < -0.4 is 5.73 Å². The molecule has 3 nitrogen and oxygen atoms in total. The topological polar surface area (TPSA) is 46.3 Å². The van der Waals surface area contributed by atoms with Crippen LogP contribution in [-0.2, 0) is 4.79 Å². The predicted octanol–water partition coefficient (Wildman–Crippen LogP) is 1.08. The van der Waals surface area contributed by atoms with Gasteiger partial charge < -0.3 is 10.6 Å². The average Bonchev–Trinajstić information content (AvgIpc) is 2.45. The minimum atomic E-state index is 0.0591. The summed E-state index contributed by atoms with van der Waals surface area (Å²) in [7, 11) is 0. The largest absolute Gasteiger partial charge is 0.338 e. The first kappa shape index (κ1) is 11.9. The zero-order valence-electron chi connectivity index (χ0n) is 9.03. The Morgan fingerprint density at radius 1 is 1.71 bits per heavy atom. The van der Waals surface area contributed by atoms with Crippen LogP contribution in [0.4, 0.5) is 0 Å². The molecule has 2 atom stereocenters. The molecule has 14 heavy (non-hydrogen) atoms. The van der Waals surface area contributed by atoms with E-state index >= 15 is 0 Å². The zero-order chi connectivity index (χ0) is 10.6. The van der Waals surface area contributed by atoms with Crippen LogP contribution >= 0.6 is 11.8 Å². The summed E-state index contributed by atoms with van der Waals surface area (Å²) in [5, 5.41) is 0. The van der Waals surface area contributed by atoms with Crippen molar-refractivity contribution in [2.45, 2.75) is 38.8 Å². The molecule has 1 heterocycles. The summed E-state index contributed by atoms with van der Waals surface area (Å²) in [6.45, 7) is 5.02. The first-order chi connectivity index (χ1) is 6.65. The number of likely N-dealkylation sites (tertiary alicyclic amines) is 1. The first-order valence-corrected chi connectivity index (χ1v) is 6.43. The van der Waals surface area contributed by atoms with E-state index in [9.17, 15) is 4.79 Å². The molecular formula is C10H20N2OS. The molecule has 2 N–H and O–H groups in total. The summed E-state index contributed by atoms with van der Waals surface area (Å²) in [5.41, 5.74) is 5.74. The van der Waals surface area contributed by atoms with Gasteiger partial charge in [-0.05, 0) is 24.9 Å². The fourth-order valence-electron chi connectivity index (χ4n) is 1.74. The highest BCUT2D eigenvalue weighted by Gasteiger charge is 2.29. The van der Waals surface area contributed by atoms with Gasteiger partial charge in [-0.1, -0.05) is 6.92 Å². The maximum absolute atomic E-state index is 11.5. The molecule has 0 aromatic rings. The molecule has 0 aromatic heterocycles. The SMILES string of the molecule is CCSCCC(C)N1CC(N)CC1=O. The molecule has 0 radical (unpaired) electrons. The van der Waals surface area contributed by atoms with Crippen molar-refractivity contribution in [2.75, 3.05) is 18.1 Å². The molecule has 0 saturated carbocycles. The zero-order valence-corrected chi connectivity index (χ0v) is 9.85. The Balaban J connectivity index is 2.29. The fraction of sp³-hybridized carbons (Fsp3) is 0.900. The van der Waals surface area contributed by atoms with Crippen LogP contribution in [0.25, 0.3) is 0 Å². The van der Waals surface area contributed by atoms with Crippen molar-refractivity contribution in [2.24, 2.45) is 5.73 Å². The molecule has 0 aliphatic carbocycles. The summed E-state index contributed by atoms with van der Waals surface area (Å²) < 4.78 is 0. The molecule has 2 unspecified atom stereocenters. The summed E-state index contributed by atoms with van der Waals surface area (Å²) in [6, 6.07) is 0.416. The molecule has 0 spiro atoms. The highest BCUT2D eigenvalue weighted by atomic mass is 32.2. The fourth-order valence-corrected chi connectivity index (χ4v) is 2.54. The lowest BCUT2D eigenvalue weighted by Crippen LogP contribution is -2.36. The van der Waals surface area contributed by atoms with Crippen molar-refractivity contribution >= 4 is 17.7 Å². The van der Waals surface area contributed by atoms with E-state index in [1.165, 1.54) is 0 Å². The normalized spacial score (nSPS) is 24.4. The molecule has 0 aromatic carbocycles.